The lowest BCUT2D eigenvalue weighted by Crippen LogP contribution is -2.19. The van der Waals surface area contributed by atoms with Crippen LogP contribution in [-0.4, -0.2) is 25.3 Å². The minimum absolute atomic E-state index is 0. The molecular formula is C4H7N3O3S. The minimum atomic E-state index is -0.611. The number of aromatic nitrogens is 3. The fraction of sp³-hybridized carbons (Fsp3) is 0.250. The molecule has 0 aliphatic carbocycles. The van der Waals surface area contributed by atoms with Crippen LogP contribution in [0.3, 0.4) is 0 Å². The number of hydrogen-bond donors (Lipinski definition) is 2. The summed E-state index contributed by atoms with van der Waals surface area (Å²) < 4.78 is 1.09. The fourth-order valence-corrected chi connectivity index (χ4v) is 0.578. The summed E-state index contributed by atoms with van der Waals surface area (Å²) in [5, 5.41) is 15.4. The van der Waals surface area contributed by atoms with Crippen molar-refractivity contribution in [3.05, 3.63) is 10.4 Å². The molecule has 0 aliphatic heterocycles. The average Bonchev–Trinajstić information content (AvgIpc) is 1.93. The molecule has 62 valence electrons. The van der Waals surface area contributed by atoms with Gasteiger partial charge in [0, 0.05) is 7.05 Å². The Morgan fingerprint density at radius 2 is 2.09 bits per heavy atom. The van der Waals surface area contributed by atoms with Crippen LogP contribution in [0.25, 0.3) is 0 Å². The highest BCUT2D eigenvalue weighted by Gasteiger charge is 2.02. The van der Waals surface area contributed by atoms with Gasteiger partial charge in [-0.25, -0.2) is 0 Å². The monoisotopic (exact) mass is 177 g/mol. The fourth-order valence-electron chi connectivity index (χ4n) is 0.443. The molecule has 6 nitrogen and oxygen atoms in total. The molecule has 7 heteroatoms. The van der Waals surface area contributed by atoms with E-state index in [0.29, 0.717) is 0 Å². The van der Waals surface area contributed by atoms with Gasteiger partial charge in [0.2, 0.25) is 0 Å². The highest BCUT2D eigenvalue weighted by atomic mass is 32.1. The molecular weight excluding hydrogens is 170 g/mol. The van der Waals surface area contributed by atoms with Gasteiger partial charge in [0.1, 0.15) is 0 Å². The third kappa shape index (κ3) is 1.69. The molecule has 0 aliphatic rings. The smallest absolute Gasteiger partial charge is 0.316 e. The SMILES string of the molecule is Cn1c(S)nnc(O)c1=O.O. The summed E-state index contributed by atoms with van der Waals surface area (Å²) >= 11 is 3.79. The Labute approximate surface area is 67.2 Å². The predicted molar refractivity (Wildman–Crippen MR) is 39.8 cm³/mol. The van der Waals surface area contributed by atoms with Crippen molar-refractivity contribution in [1.82, 2.24) is 14.8 Å². The first-order valence-electron chi connectivity index (χ1n) is 2.44. The second kappa shape index (κ2) is 3.35. The summed E-state index contributed by atoms with van der Waals surface area (Å²) in [6.45, 7) is 0. The number of hydrogen-bond acceptors (Lipinski definition) is 5. The third-order valence-corrected chi connectivity index (χ3v) is 1.42. The molecule has 0 radical (unpaired) electrons. The maximum atomic E-state index is 10.8. The molecule has 0 bridgehead atoms. The van der Waals surface area contributed by atoms with Crippen LogP contribution in [0.4, 0.5) is 0 Å². The summed E-state index contributed by atoms with van der Waals surface area (Å²) in [5.74, 6) is -0.611. The standard InChI is InChI=1S/C4H5N3O2S.H2O/c1-7-3(9)2(8)5-6-4(7)10;/h1H3,(H,5,8)(H,6,10);1H2. The van der Waals surface area contributed by atoms with Crippen molar-refractivity contribution in [2.24, 2.45) is 7.05 Å². The number of aromatic hydroxyl groups is 1. The Morgan fingerprint density at radius 1 is 1.55 bits per heavy atom. The van der Waals surface area contributed by atoms with Crippen molar-refractivity contribution in [2.45, 2.75) is 5.16 Å². The van der Waals surface area contributed by atoms with Crippen molar-refractivity contribution in [2.75, 3.05) is 0 Å². The molecule has 11 heavy (non-hydrogen) atoms. The van der Waals surface area contributed by atoms with Gasteiger partial charge in [0.15, 0.2) is 5.16 Å². The third-order valence-electron chi connectivity index (χ3n) is 1.03. The first-order valence-corrected chi connectivity index (χ1v) is 2.89. The summed E-state index contributed by atoms with van der Waals surface area (Å²) in [7, 11) is 1.44. The zero-order chi connectivity index (χ0) is 7.72. The van der Waals surface area contributed by atoms with E-state index in [1.807, 2.05) is 0 Å². The minimum Gasteiger partial charge on any atom is -0.488 e. The quantitative estimate of drug-likeness (QED) is 0.463. The van der Waals surface area contributed by atoms with Gasteiger partial charge in [-0.3, -0.25) is 9.36 Å². The van der Waals surface area contributed by atoms with E-state index in [0.717, 1.165) is 4.57 Å². The summed E-state index contributed by atoms with van der Waals surface area (Å²) in [6, 6.07) is 0. The van der Waals surface area contributed by atoms with Crippen LogP contribution in [0.5, 0.6) is 5.88 Å². The van der Waals surface area contributed by atoms with E-state index in [9.17, 15) is 4.79 Å². The number of thiol groups is 1. The summed E-state index contributed by atoms with van der Waals surface area (Å²) in [6.07, 6.45) is 0. The molecule has 0 spiro atoms. The first-order chi connectivity index (χ1) is 4.63. The maximum Gasteiger partial charge on any atom is 0.316 e. The zero-order valence-electron chi connectivity index (χ0n) is 5.64. The molecule has 0 fully saturated rings. The lowest BCUT2D eigenvalue weighted by Gasteiger charge is -1.97. The Bertz CT molecular complexity index is 310. The predicted octanol–water partition coefficient (Wildman–Crippen LogP) is -1.66. The van der Waals surface area contributed by atoms with Crippen LogP contribution in [0.2, 0.25) is 0 Å². The van der Waals surface area contributed by atoms with Crippen molar-refractivity contribution < 1.29 is 10.6 Å². The van der Waals surface area contributed by atoms with E-state index in [4.69, 9.17) is 5.11 Å². The van der Waals surface area contributed by atoms with Gasteiger partial charge in [-0.05, 0) is 0 Å². The molecule has 1 aromatic rings. The second-order valence-electron chi connectivity index (χ2n) is 1.69. The van der Waals surface area contributed by atoms with Crippen LogP contribution in [0.1, 0.15) is 0 Å². The lowest BCUT2D eigenvalue weighted by atomic mass is 10.7. The molecule has 1 rings (SSSR count). The largest absolute Gasteiger partial charge is 0.488 e. The lowest BCUT2D eigenvalue weighted by molar-refractivity contribution is 0.417. The first kappa shape index (κ1) is 9.92. The molecule has 0 saturated heterocycles. The molecule has 0 saturated carbocycles. The van der Waals surface area contributed by atoms with Crippen LogP contribution in [-0.2, 0) is 7.05 Å². The molecule has 3 N–H and O–H groups in total. The molecule has 0 aromatic carbocycles. The van der Waals surface area contributed by atoms with Crippen molar-refractivity contribution >= 4 is 12.6 Å². The van der Waals surface area contributed by atoms with Crippen molar-refractivity contribution in [3.8, 4) is 5.88 Å². The van der Waals surface area contributed by atoms with E-state index < -0.39 is 11.4 Å². The van der Waals surface area contributed by atoms with Crippen LogP contribution < -0.4 is 5.56 Å². The van der Waals surface area contributed by atoms with E-state index in [1.165, 1.54) is 7.05 Å². The Balaban J connectivity index is 0.000001000. The maximum absolute atomic E-state index is 10.8. The van der Waals surface area contributed by atoms with E-state index in [1.54, 1.807) is 0 Å². The average molecular weight is 177 g/mol. The van der Waals surface area contributed by atoms with E-state index in [-0.39, 0.29) is 10.6 Å². The second-order valence-corrected chi connectivity index (χ2v) is 2.09. The Hall–Kier alpha value is -1.08. The zero-order valence-corrected chi connectivity index (χ0v) is 6.54. The van der Waals surface area contributed by atoms with Gasteiger partial charge in [-0.15, -0.1) is 22.8 Å². The molecule has 1 aromatic heterocycles. The number of nitrogens with zero attached hydrogens (tertiary/aromatic N) is 3. The summed E-state index contributed by atoms with van der Waals surface area (Å²) in [5.41, 5.74) is -0.597. The molecule has 0 amide bonds. The van der Waals surface area contributed by atoms with Gasteiger partial charge in [0.05, 0.1) is 0 Å². The highest BCUT2D eigenvalue weighted by Crippen LogP contribution is 1.96. The number of rotatable bonds is 0. The molecule has 1 heterocycles. The summed E-state index contributed by atoms with van der Waals surface area (Å²) in [4.78, 5) is 10.8. The topological polar surface area (TPSA) is 99.5 Å². The van der Waals surface area contributed by atoms with E-state index >= 15 is 0 Å². The van der Waals surface area contributed by atoms with Gasteiger partial charge in [-0.1, -0.05) is 0 Å². The Kier molecular flexibility index (Phi) is 3.02. The van der Waals surface area contributed by atoms with Crippen molar-refractivity contribution in [3.63, 3.8) is 0 Å². The van der Waals surface area contributed by atoms with Crippen LogP contribution >= 0.6 is 12.6 Å². The van der Waals surface area contributed by atoms with Crippen LogP contribution in [0.15, 0.2) is 9.95 Å². The van der Waals surface area contributed by atoms with Crippen LogP contribution in [0, 0.1) is 0 Å². The van der Waals surface area contributed by atoms with Gasteiger partial charge >= 0.3 is 5.56 Å². The van der Waals surface area contributed by atoms with Gasteiger partial charge in [-0.2, -0.15) is 0 Å². The van der Waals surface area contributed by atoms with Crippen molar-refractivity contribution in [1.29, 1.82) is 0 Å². The Morgan fingerprint density at radius 3 is 2.55 bits per heavy atom. The van der Waals surface area contributed by atoms with E-state index in [2.05, 4.69) is 22.8 Å². The molecule has 0 atom stereocenters. The van der Waals surface area contributed by atoms with Gasteiger partial charge in [0.25, 0.3) is 5.88 Å². The van der Waals surface area contributed by atoms with Gasteiger partial charge < -0.3 is 10.6 Å². The highest BCUT2D eigenvalue weighted by molar-refractivity contribution is 7.80. The molecule has 0 unspecified atom stereocenters. The normalized spacial score (nSPS) is 8.91.